The lowest BCUT2D eigenvalue weighted by Gasteiger charge is -2.30. The molecule has 1 aliphatic rings. The highest BCUT2D eigenvalue weighted by Crippen LogP contribution is 2.10. The topological polar surface area (TPSA) is 46.3 Å². The molecule has 1 unspecified atom stereocenters. The summed E-state index contributed by atoms with van der Waals surface area (Å²) in [5.41, 5.74) is 5.75. The van der Waals surface area contributed by atoms with Gasteiger partial charge in [0.25, 0.3) is 0 Å². The molecule has 0 saturated carbocycles. The highest BCUT2D eigenvalue weighted by Gasteiger charge is 2.15. The predicted molar refractivity (Wildman–Crippen MR) is 44.1 cm³/mol. The van der Waals surface area contributed by atoms with Gasteiger partial charge in [0.2, 0.25) is 0 Å². The molecule has 0 spiro atoms. The van der Waals surface area contributed by atoms with E-state index in [9.17, 15) is 4.79 Å². The van der Waals surface area contributed by atoms with E-state index in [4.69, 9.17) is 5.73 Å². The minimum Gasteiger partial charge on any atom is -0.315 e. The van der Waals surface area contributed by atoms with Crippen molar-refractivity contribution in [3.8, 4) is 0 Å². The molecule has 0 amide bonds. The molecule has 0 aromatic heterocycles. The van der Waals surface area contributed by atoms with Gasteiger partial charge in [0.15, 0.2) is 0 Å². The van der Waals surface area contributed by atoms with Crippen molar-refractivity contribution in [1.82, 2.24) is 4.90 Å². The van der Waals surface area contributed by atoms with Gasteiger partial charge in [0.1, 0.15) is 6.29 Å². The Hall–Kier alpha value is -0.410. The van der Waals surface area contributed by atoms with Crippen molar-refractivity contribution < 1.29 is 4.79 Å². The molecule has 0 radical (unpaired) electrons. The highest BCUT2D eigenvalue weighted by atomic mass is 16.1. The number of rotatable bonds is 3. The average Bonchev–Trinajstić information content (AvgIpc) is 2.07. The van der Waals surface area contributed by atoms with Crippen LogP contribution in [0.2, 0.25) is 0 Å². The zero-order valence-electron chi connectivity index (χ0n) is 6.83. The van der Waals surface area contributed by atoms with Crippen molar-refractivity contribution >= 4 is 6.29 Å². The van der Waals surface area contributed by atoms with Crippen LogP contribution < -0.4 is 5.73 Å². The lowest BCUT2D eigenvalue weighted by atomic mass is 10.1. The van der Waals surface area contributed by atoms with Crippen LogP contribution in [-0.2, 0) is 4.79 Å². The van der Waals surface area contributed by atoms with Crippen LogP contribution in [0.3, 0.4) is 0 Å². The molecule has 1 saturated heterocycles. The summed E-state index contributed by atoms with van der Waals surface area (Å²) in [6.07, 6.45) is 5.11. The Kier molecular flexibility index (Phi) is 3.52. The summed E-state index contributed by atoms with van der Waals surface area (Å²) in [6.45, 7) is 2.13. The zero-order chi connectivity index (χ0) is 8.10. The first-order chi connectivity index (χ1) is 5.34. The molecule has 0 bridgehead atoms. The molecule has 0 aromatic rings. The van der Waals surface area contributed by atoms with Gasteiger partial charge in [0, 0.05) is 6.42 Å². The summed E-state index contributed by atoms with van der Waals surface area (Å²) in [6, 6.07) is 0. The highest BCUT2D eigenvalue weighted by molar-refractivity contribution is 5.50. The number of carbonyl (C=O) groups excluding carboxylic acids is 1. The van der Waals surface area contributed by atoms with Crippen molar-refractivity contribution in [2.45, 2.75) is 31.8 Å². The number of nitrogens with zero attached hydrogens (tertiary/aromatic N) is 1. The second-order valence-electron chi connectivity index (χ2n) is 3.07. The molecule has 1 heterocycles. The summed E-state index contributed by atoms with van der Waals surface area (Å²) < 4.78 is 0. The van der Waals surface area contributed by atoms with Crippen LogP contribution in [0.4, 0.5) is 0 Å². The fourth-order valence-corrected chi connectivity index (χ4v) is 1.50. The van der Waals surface area contributed by atoms with Gasteiger partial charge in [-0.15, -0.1) is 0 Å². The van der Waals surface area contributed by atoms with Gasteiger partial charge in [-0.1, -0.05) is 6.42 Å². The van der Waals surface area contributed by atoms with E-state index in [-0.39, 0.29) is 6.17 Å². The second kappa shape index (κ2) is 4.46. The first-order valence-corrected chi connectivity index (χ1v) is 4.28. The predicted octanol–water partition coefficient (Wildman–Crippen LogP) is 0.346. The maximum Gasteiger partial charge on any atom is 0.122 e. The zero-order valence-corrected chi connectivity index (χ0v) is 6.83. The molecule has 0 aromatic carbocycles. The molecule has 1 rings (SSSR count). The molecular weight excluding hydrogens is 140 g/mol. The standard InChI is InChI=1S/C8H16N2O/c9-8(4-7-11)10-5-2-1-3-6-10/h7-8H,1-6,9H2. The summed E-state index contributed by atoms with van der Waals surface area (Å²) >= 11 is 0. The third-order valence-electron chi connectivity index (χ3n) is 2.20. The van der Waals surface area contributed by atoms with Gasteiger partial charge >= 0.3 is 0 Å². The normalized spacial score (nSPS) is 23.0. The molecule has 1 fully saturated rings. The summed E-state index contributed by atoms with van der Waals surface area (Å²) in [5, 5.41) is 0. The SMILES string of the molecule is NC(CC=O)N1CCCCC1. The van der Waals surface area contributed by atoms with E-state index < -0.39 is 0 Å². The largest absolute Gasteiger partial charge is 0.315 e. The Balaban J connectivity index is 2.26. The quantitative estimate of drug-likeness (QED) is 0.600. The summed E-state index contributed by atoms with van der Waals surface area (Å²) in [5.74, 6) is 0. The van der Waals surface area contributed by atoms with E-state index in [2.05, 4.69) is 4.90 Å². The molecule has 1 aliphatic heterocycles. The minimum absolute atomic E-state index is 0.0344. The third-order valence-corrected chi connectivity index (χ3v) is 2.20. The van der Waals surface area contributed by atoms with Crippen LogP contribution in [0, 0.1) is 0 Å². The van der Waals surface area contributed by atoms with Gasteiger partial charge in [-0.25, -0.2) is 0 Å². The Bertz CT molecular complexity index is 121. The van der Waals surface area contributed by atoms with Crippen LogP contribution in [-0.4, -0.2) is 30.4 Å². The Labute approximate surface area is 67.5 Å². The Morgan fingerprint density at radius 2 is 2.00 bits per heavy atom. The molecule has 1 atom stereocenters. The molecule has 64 valence electrons. The fraction of sp³-hybridized carbons (Fsp3) is 0.875. The van der Waals surface area contributed by atoms with E-state index >= 15 is 0 Å². The monoisotopic (exact) mass is 156 g/mol. The first-order valence-electron chi connectivity index (χ1n) is 4.28. The van der Waals surface area contributed by atoms with E-state index in [1.54, 1.807) is 0 Å². The van der Waals surface area contributed by atoms with Gasteiger partial charge in [0.05, 0.1) is 6.17 Å². The van der Waals surface area contributed by atoms with Gasteiger partial charge in [-0.3, -0.25) is 4.90 Å². The van der Waals surface area contributed by atoms with Gasteiger partial charge < -0.3 is 10.5 Å². The van der Waals surface area contributed by atoms with Crippen LogP contribution in [0.15, 0.2) is 0 Å². The maximum atomic E-state index is 10.2. The summed E-state index contributed by atoms with van der Waals surface area (Å²) in [4.78, 5) is 12.3. The smallest absolute Gasteiger partial charge is 0.122 e. The number of carbonyl (C=O) groups is 1. The number of nitrogens with two attached hydrogens (primary N) is 1. The number of hydrogen-bond acceptors (Lipinski definition) is 3. The van der Waals surface area contributed by atoms with Crippen molar-refractivity contribution in [2.24, 2.45) is 5.73 Å². The van der Waals surface area contributed by atoms with Gasteiger partial charge in [-0.05, 0) is 25.9 Å². The number of aldehydes is 1. The second-order valence-corrected chi connectivity index (χ2v) is 3.07. The molecule has 0 aliphatic carbocycles. The molecule has 3 nitrogen and oxygen atoms in total. The molecule has 2 N–H and O–H groups in total. The van der Waals surface area contributed by atoms with Crippen LogP contribution >= 0.6 is 0 Å². The van der Waals surface area contributed by atoms with Crippen molar-refractivity contribution in [2.75, 3.05) is 13.1 Å². The van der Waals surface area contributed by atoms with E-state index in [0.29, 0.717) is 6.42 Å². The molecule has 3 heteroatoms. The minimum atomic E-state index is -0.0344. The van der Waals surface area contributed by atoms with Crippen LogP contribution in [0.1, 0.15) is 25.7 Å². The number of hydrogen-bond donors (Lipinski definition) is 1. The van der Waals surface area contributed by atoms with Crippen molar-refractivity contribution in [3.05, 3.63) is 0 Å². The Morgan fingerprint density at radius 1 is 1.36 bits per heavy atom. The number of piperidine rings is 1. The maximum absolute atomic E-state index is 10.2. The average molecular weight is 156 g/mol. The molecular formula is C8H16N2O. The van der Waals surface area contributed by atoms with E-state index in [1.165, 1.54) is 19.3 Å². The van der Waals surface area contributed by atoms with Gasteiger partial charge in [-0.2, -0.15) is 0 Å². The first kappa shape index (κ1) is 8.68. The lowest BCUT2D eigenvalue weighted by Crippen LogP contribution is -2.44. The van der Waals surface area contributed by atoms with E-state index in [1.807, 2.05) is 0 Å². The third kappa shape index (κ3) is 2.60. The fourth-order valence-electron chi connectivity index (χ4n) is 1.50. The van der Waals surface area contributed by atoms with Crippen LogP contribution in [0.5, 0.6) is 0 Å². The molecule has 11 heavy (non-hydrogen) atoms. The van der Waals surface area contributed by atoms with E-state index in [0.717, 1.165) is 19.4 Å². The van der Waals surface area contributed by atoms with Crippen molar-refractivity contribution in [1.29, 1.82) is 0 Å². The Morgan fingerprint density at radius 3 is 2.55 bits per heavy atom. The summed E-state index contributed by atoms with van der Waals surface area (Å²) in [7, 11) is 0. The number of likely N-dealkylation sites (tertiary alicyclic amines) is 1. The van der Waals surface area contributed by atoms with Crippen LogP contribution in [0.25, 0.3) is 0 Å². The lowest BCUT2D eigenvalue weighted by molar-refractivity contribution is -0.109. The van der Waals surface area contributed by atoms with Crippen molar-refractivity contribution in [3.63, 3.8) is 0 Å².